The molecule has 0 saturated heterocycles. The molecule has 0 aliphatic carbocycles. The summed E-state index contributed by atoms with van der Waals surface area (Å²) in [7, 11) is 0. The Morgan fingerprint density at radius 2 is 1.47 bits per heavy atom. The van der Waals surface area contributed by atoms with Gasteiger partial charge in [-0.05, 0) is 0 Å². The molecule has 2 N–H and O–H groups in total. The number of rotatable bonds is 1. The summed E-state index contributed by atoms with van der Waals surface area (Å²) in [6.07, 6.45) is 0. The van der Waals surface area contributed by atoms with Crippen molar-refractivity contribution in [3.05, 3.63) is 25.7 Å². The number of benzene rings is 1. The van der Waals surface area contributed by atoms with E-state index in [0.29, 0.717) is 0 Å². The SMILES string of the molecule is CC(=O)NC(=O)c1c(O)c(Cl)c(Cl)c(Cl)c1Cl. The van der Waals surface area contributed by atoms with Crippen LogP contribution in [0.1, 0.15) is 17.3 Å². The fourth-order valence-electron chi connectivity index (χ4n) is 1.05. The Morgan fingerprint density at radius 1 is 1.00 bits per heavy atom. The predicted octanol–water partition coefficient (Wildman–Crippen LogP) is 3.28. The first-order chi connectivity index (χ1) is 7.77. The van der Waals surface area contributed by atoms with Crippen LogP contribution in [-0.4, -0.2) is 16.9 Å². The summed E-state index contributed by atoms with van der Waals surface area (Å²) in [6.45, 7) is 1.13. The number of phenols is 1. The molecule has 8 heteroatoms. The van der Waals surface area contributed by atoms with Crippen molar-refractivity contribution in [1.29, 1.82) is 0 Å². The van der Waals surface area contributed by atoms with Crippen molar-refractivity contribution in [2.24, 2.45) is 0 Å². The summed E-state index contributed by atoms with van der Waals surface area (Å²) in [5.74, 6) is -2.17. The number of hydrogen-bond acceptors (Lipinski definition) is 3. The zero-order chi connectivity index (χ0) is 13.3. The summed E-state index contributed by atoms with van der Waals surface area (Å²) in [5, 5.41) is 10.6. The van der Waals surface area contributed by atoms with Gasteiger partial charge in [-0.3, -0.25) is 14.9 Å². The van der Waals surface area contributed by atoms with Gasteiger partial charge in [-0.15, -0.1) is 0 Å². The minimum absolute atomic E-state index is 0.171. The van der Waals surface area contributed by atoms with Gasteiger partial charge in [0.2, 0.25) is 5.91 Å². The fourth-order valence-corrected chi connectivity index (χ4v) is 1.98. The van der Waals surface area contributed by atoms with Crippen molar-refractivity contribution in [3.8, 4) is 5.75 Å². The van der Waals surface area contributed by atoms with Crippen LogP contribution >= 0.6 is 46.4 Å². The monoisotopic (exact) mass is 315 g/mol. The molecule has 0 bridgehead atoms. The molecular formula is C9H5Cl4NO3. The number of halogens is 4. The quantitative estimate of drug-likeness (QED) is 0.617. The average molecular weight is 317 g/mol. The van der Waals surface area contributed by atoms with Crippen molar-refractivity contribution < 1.29 is 14.7 Å². The van der Waals surface area contributed by atoms with Crippen LogP contribution in [0.15, 0.2) is 0 Å². The third kappa shape index (κ3) is 2.77. The number of amides is 2. The third-order valence-electron chi connectivity index (χ3n) is 1.76. The molecule has 0 aliphatic heterocycles. The number of carbonyl (C=O) groups excluding carboxylic acids is 2. The predicted molar refractivity (Wildman–Crippen MR) is 66.3 cm³/mol. The van der Waals surface area contributed by atoms with Gasteiger partial charge in [0, 0.05) is 6.92 Å². The van der Waals surface area contributed by atoms with Crippen molar-refractivity contribution in [2.45, 2.75) is 6.92 Å². The zero-order valence-electron chi connectivity index (χ0n) is 8.28. The molecule has 0 radical (unpaired) electrons. The van der Waals surface area contributed by atoms with Crippen molar-refractivity contribution >= 4 is 58.2 Å². The molecule has 4 nitrogen and oxygen atoms in total. The second-order valence-corrected chi connectivity index (χ2v) is 4.50. The minimum Gasteiger partial charge on any atom is -0.505 e. The molecular weight excluding hydrogens is 312 g/mol. The van der Waals surface area contributed by atoms with E-state index in [9.17, 15) is 14.7 Å². The molecule has 17 heavy (non-hydrogen) atoms. The van der Waals surface area contributed by atoms with Crippen LogP contribution in [0.5, 0.6) is 5.75 Å². The third-order valence-corrected chi connectivity index (χ3v) is 3.55. The van der Waals surface area contributed by atoms with Crippen LogP contribution in [0.3, 0.4) is 0 Å². The number of imide groups is 1. The highest BCUT2D eigenvalue weighted by atomic mass is 35.5. The lowest BCUT2D eigenvalue weighted by Crippen LogP contribution is -2.28. The van der Waals surface area contributed by atoms with Crippen LogP contribution in [-0.2, 0) is 4.79 Å². The van der Waals surface area contributed by atoms with Crippen LogP contribution in [0.2, 0.25) is 20.1 Å². The highest BCUT2D eigenvalue weighted by Crippen LogP contribution is 2.44. The van der Waals surface area contributed by atoms with E-state index in [1.54, 1.807) is 0 Å². The van der Waals surface area contributed by atoms with Crippen LogP contribution in [0, 0.1) is 0 Å². The van der Waals surface area contributed by atoms with Gasteiger partial charge in [0.25, 0.3) is 5.91 Å². The van der Waals surface area contributed by atoms with Gasteiger partial charge in [-0.2, -0.15) is 0 Å². The van der Waals surface area contributed by atoms with Crippen LogP contribution in [0.25, 0.3) is 0 Å². The van der Waals surface area contributed by atoms with Gasteiger partial charge in [-0.1, -0.05) is 46.4 Å². The number of carbonyl (C=O) groups is 2. The fraction of sp³-hybridized carbons (Fsp3) is 0.111. The molecule has 2 amide bonds. The molecule has 0 unspecified atom stereocenters. The van der Waals surface area contributed by atoms with E-state index in [1.165, 1.54) is 0 Å². The van der Waals surface area contributed by atoms with Gasteiger partial charge in [0.05, 0.1) is 15.1 Å². The molecule has 0 aromatic heterocycles. The van der Waals surface area contributed by atoms with Crippen molar-refractivity contribution in [1.82, 2.24) is 5.32 Å². The van der Waals surface area contributed by atoms with E-state index >= 15 is 0 Å². The molecule has 0 fully saturated rings. The van der Waals surface area contributed by atoms with Gasteiger partial charge in [-0.25, -0.2) is 0 Å². The van der Waals surface area contributed by atoms with Crippen LogP contribution < -0.4 is 5.32 Å². The van der Waals surface area contributed by atoms with Gasteiger partial charge < -0.3 is 5.11 Å². The van der Waals surface area contributed by atoms with E-state index in [4.69, 9.17) is 46.4 Å². The molecule has 0 heterocycles. The highest BCUT2D eigenvalue weighted by Gasteiger charge is 2.25. The largest absolute Gasteiger partial charge is 0.505 e. The lowest BCUT2D eigenvalue weighted by molar-refractivity contribution is -0.118. The second kappa shape index (κ2) is 5.31. The average Bonchev–Trinajstić information content (AvgIpc) is 2.23. The Balaban J connectivity index is 3.44. The lowest BCUT2D eigenvalue weighted by atomic mass is 10.2. The second-order valence-electron chi connectivity index (χ2n) is 2.99. The Labute approximate surface area is 116 Å². The molecule has 0 saturated carbocycles. The first kappa shape index (κ1) is 14.4. The first-order valence-corrected chi connectivity index (χ1v) is 5.65. The summed E-state index contributed by atoms with van der Waals surface area (Å²) >= 11 is 22.8. The maximum atomic E-state index is 11.6. The van der Waals surface area contributed by atoms with Crippen molar-refractivity contribution in [2.75, 3.05) is 0 Å². The topological polar surface area (TPSA) is 66.4 Å². The number of aromatic hydroxyl groups is 1. The molecule has 1 aromatic carbocycles. The van der Waals surface area contributed by atoms with E-state index in [0.717, 1.165) is 6.92 Å². The summed E-state index contributed by atoms with van der Waals surface area (Å²) in [6, 6.07) is 0. The Hall–Kier alpha value is -0.680. The number of hydrogen-bond donors (Lipinski definition) is 2. The van der Waals surface area contributed by atoms with Gasteiger partial charge in [0.1, 0.15) is 16.3 Å². The van der Waals surface area contributed by atoms with E-state index in [1.807, 2.05) is 5.32 Å². The Bertz CT molecular complexity index is 486. The van der Waals surface area contributed by atoms with E-state index < -0.39 is 23.1 Å². The van der Waals surface area contributed by atoms with E-state index in [-0.39, 0.29) is 20.1 Å². The first-order valence-electron chi connectivity index (χ1n) is 4.14. The number of phenolic OH excluding ortho intramolecular Hbond substituents is 1. The molecule has 0 spiro atoms. The Morgan fingerprint density at radius 3 is 1.94 bits per heavy atom. The molecule has 1 rings (SSSR count). The standard InChI is InChI=1S/C9H5Cl4NO3/c1-2(15)14-9(17)3-4(10)5(11)6(12)7(13)8(3)16/h16H,1H3,(H,14,15,17). The molecule has 1 aromatic rings. The van der Waals surface area contributed by atoms with Gasteiger partial charge in [0.15, 0.2) is 0 Å². The van der Waals surface area contributed by atoms with Gasteiger partial charge >= 0.3 is 0 Å². The maximum Gasteiger partial charge on any atom is 0.263 e. The Kier molecular flexibility index (Phi) is 4.49. The maximum absolute atomic E-state index is 11.6. The number of nitrogens with one attached hydrogen (secondary N) is 1. The molecule has 0 aliphatic rings. The van der Waals surface area contributed by atoms with Crippen molar-refractivity contribution in [3.63, 3.8) is 0 Å². The minimum atomic E-state index is -0.916. The summed E-state index contributed by atoms with van der Waals surface area (Å²) < 4.78 is 0. The van der Waals surface area contributed by atoms with Crippen LogP contribution in [0.4, 0.5) is 0 Å². The summed E-state index contributed by atoms with van der Waals surface area (Å²) in [4.78, 5) is 22.3. The molecule has 92 valence electrons. The molecule has 0 atom stereocenters. The smallest absolute Gasteiger partial charge is 0.263 e. The zero-order valence-corrected chi connectivity index (χ0v) is 11.3. The van der Waals surface area contributed by atoms with E-state index in [2.05, 4.69) is 0 Å². The highest BCUT2D eigenvalue weighted by molar-refractivity contribution is 6.53. The normalized spacial score (nSPS) is 10.2. The summed E-state index contributed by atoms with van der Waals surface area (Å²) in [5.41, 5.74) is -0.402. The lowest BCUT2D eigenvalue weighted by Gasteiger charge is -2.11.